The third kappa shape index (κ3) is 4.02. The lowest BCUT2D eigenvalue weighted by Crippen LogP contribution is -2.14. The Morgan fingerprint density at radius 3 is 2.62 bits per heavy atom. The Balaban J connectivity index is 2.17. The molecule has 114 valence electrons. The smallest absolute Gasteiger partial charge is 0.222 e. The summed E-state index contributed by atoms with van der Waals surface area (Å²) in [7, 11) is 1.92. The summed E-state index contributed by atoms with van der Waals surface area (Å²) in [5, 5.41) is 7.88. The molecule has 0 saturated heterocycles. The fraction of sp³-hybridized carbons (Fsp3) is 0.438. The van der Waals surface area contributed by atoms with E-state index in [0.29, 0.717) is 0 Å². The molecule has 1 aromatic heterocycles. The number of benzene rings is 1. The van der Waals surface area contributed by atoms with E-state index in [1.165, 1.54) is 4.90 Å². The van der Waals surface area contributed by atoms with Crippen LogP contribution in [0.4, 0.5) is 0 Å². The second kappa shape index (κ2) is 7.52. The van der Waals surface area contributed by atoms with Crippen molar-refractivity contribution in [3.63, 3.8) is 0 Å². The predicted molar refractivity (Wildman–Crippen MR) is 88.2 cm³/mol. The van der Waals surface area contributed by atoms with Gasteiger partial charge in [-0.25, -0.2) is 4.68 Å². The van der Waals surface area contributed by atoms with E-state index < -0.39 is 0 Å². The largest absolute Gasteiger partial charge is 0.439 e. The summed E-state index contributed by atoms with van der Waals surface area (Å²) in [6.07, 6.45) is 3.18. The quantitative estimate of drug-likeness (QED) is 0.625. The van der Waals surface area contributed by atoms with Crippen LogP contribution in [0.15, 0.2) is 29.2 Å². The summed E-state index contributed by atoms with van der Waals surface area (Å²) in [5.74, 6) is 1.65. The number of aromatic nitrogens is 2. The second-order valence-electron chi connectivity index (χ2n) is 4.95. The number of hydrogen-bond donors (Lipinski definition) is 1. The van der Waals surface area contributed by atoms with Crippen LogP contribution < -0.4 is 10.1 Å². The second-order valence-corrected chi connectivity index (χ2v) is 5.83. The number of ether oxygens (including phenoxy) is 1. The van der Waals surface area contributed by atoms with Crippen molar-refractivity contribution in [2.75, 3.05) is 12.8 Å². The summed E-state index contributed by atoms with van der Waals surface area (Å²) < 4.78 is 7.85. The van der Waals surface area contributed by atoms with Crippen LogP contribution in [0.3, 0.4) is 0 Å². The van der Waals surface area contributed by atoms with Crippen LogP contribution in [-0.4, -0.2) is 22.6 Å². The molecule has 5 heteroatoms. The summed E-state index contributed by atoms with van der Waals surface area (Å²) in [4.78, 5) is 1.23. The van der Waals surface area contributed by atoms with Gasteiger partial charge in [0.05, 0.1) is 11.3 Å². The average Bonchev–Trinajstić information content (AvgIpc) is 2.75. The van der Waals surface area contributed by atoms with Gasteiger partial charge in [-0.1, -0.05) is 6.92 Å². The van der Waals surface area contributed by atoms with Crippen molar-refractivity contribution >= 4 is 11.8 Å². The van der Waals surface area contributed by atoms with E-state index in [9.17, 15) is 0 Å². The lowest BCUT2D eigenvalue weighted by Gasteiger charge is -2.10. The average molecular weight is 305 g/mol. The van der Waals surface area contributed by atoms with Crippen LogP contribution >= 0.6 is 11.8 Å². The molecule has 0 atom stereocenters. The maximum absolute atomic E-state index is 6.04. The zero-order chi connectivity index (χ0) is 15.2. The zero-order valence-electron chi connectivity index (χ0n) is 13.1. The van der Waals surface area contributed by atoms with E-state index in [1.807, 2.05) is 26.1 Å². The van der Waals surface area contributed by atoms with Crippen molar-refractivity contribution in [3.05, 3.63) is 35.5 Å². The van der Waals surface area contributed by atoms with Crippen molar-refractivity contribution in [1.82, 2.24) is 15.1 Å². The highest BCUT2D eigenvalue weighted by Crippen LogP contribution is 2.28. The Morgan fingerprint density at radius 1 is 1.29 bits per heavy atom. The lowest BCUT2D eigenvalue weighted by molar-refractivity contribution is 0.423. The first-order chi connectivity index (χ1) is 10.2. The molecule has 0 fully saturated rings. The van der Waals surface area contributed by atoms with Crippen molar-refractivity contribution in [1.29, 1.82) is 0 Å². The van der Waals surface area contributed by atoms with Gasteiger partial charge in [0.25, 0.3) is 0 Å². The molecule has 0 radical (unpaired) electrons. The molecule has 1 N–H and O–H groups in total. The molecule has 0 aliphatic heterocycles. The normalized spacial score (nSPS) is 10.9. The maximum Gasteiger partial charge on any atom is 0.222 e. The minimum Gasteiger partial charge on any atom is -0.439 e. The van der Waals surface area contributed by atoms with E-state index in [1.54, 1.807) is 16.4 Å². The van der Waals surface area contributed by atoms with Gasteiger partial charge in [-0.15, -0.1) is 11.8 Å². The topological polar surface area (TPSA) is 39.1 Å². The minimum absolute atomic E-state index is 0.783. The van der Waals surface area contributed by atoms with Crippen LogP contribution in [0, 0.1) is 6.92 Å². The molecule has 0 spiro atoms. The summed E-state index contributed by atoms with van der Waals surface area (Å²) >= 11 is 1.72. The van der Waals surface area contributed by atoms with Crippen LogP contribution in [-0.2, 0) is 13.6 Å². The van der Waals surface area contributed by atoms with E-state index in [2.05, 4.69) is 35.7 Å². The molecular weight excluding hydrogens is 282 g/mol. The minimum atomic E-state index is 0.783. The van der Waals surface area contributed by atoms with E-state index in [-0.39, 0.29) is 0 Å². The van der Waals surface area contributed by atoms with Gasteiger partial charge in [0, 0.05) is 18.5 Å². The molecule has 0 aliphatic rings. The summed E-state index contributed by atoms with van der Waals surface area (Å²) in [6.45, 7) is 5.96. The van der Waals surface area contributed by atoms with Crippen molar-refractivity contribution in [3.8, 4) is 11.6 Å². The molecule has 21 heavy (non-hydrogen) atoms. The highest BCUT2D eigenvalue weighted by atomic mass is 32.2. The van der Waals surface area contributed by atoms with Gasteiger partial charge in [0.2, 0.25) is 5.88 Å². The van der Waals surface area contributed by atoms with E-state index in [4.69, 9.17) is 4.74 Å². The number of hydrogen-bond acceptors (Lipinski definition) is 4. The van der Waals surface area contributed by atoms with E-state index >= 15 is 0 Å². The number of rotatable bonds is 7. The molecule has 1 aromatic carbocycles. The van der Waals surface area contributed by atoms with Gasteiger partial charge in [-0.2, -0.15) is 5.10 Å². The number of nitrogens with zero attached hydrogens (tertiary/aromatic N) is 2. The van der Waals surface area contributed by atoms with E-state index in [0.717, 1.165) is 42.4 Å². The SMILES string of the molecule is CCCNCc1c(C)nn(C)c1Oc1ccc(SC)cc1. The Bertz CT molecular complexity index is 578. The third-order valence-corrected chi connectivity index (χ3v) is 4.03. The fourth-order valence-corrected chi connectivity index (χ4v) is 2.57. The zero-order valence-corrected chi connectivity index (χ0v) is 14.0. The Kier molecular flexibility index (Phi) is 5.70. The summed E-state index contributed by atoms with van der Waals surface area (Å²) in [6, 6.07) is 8.13. The van der Waals surface area contributed by atoms with Crippen molar-refractivity contribution in [2.45, 2.75) is 31.7 Å². The molecule has 0 saturated carbocycles. The van der Waals surface area contributed by atoms with Gasteiger partial charge < -0.3 is 10.1 Å². The molecule has 0 amide bonds. The molecule has 4 nitrogen and oxygen atoms in total. The first-order valence-electron chi connectivity index (χ1n) is 7.20. The highest BCUT2D eigenvalue weighted by molar-refractivity contribution is 7.98. The van der Waals surface area contributed by atoms with Crippen molar-refractivity contribution < 1.29 is 4.74 Å². The number of nitrogens with one attached hydrogen (secondary N) is 1. The first kappa shape index (κ1) is 15.9. The lowest BCUT2D eigenvalue weighted by atomic mass is 10.2. The summed E-state index contributed by atoms with van der Waals surface area (Å²) in [5.41, 5.74) is 2.14. The number of thioether (sulfide) groups is 1. The van der Waals surface area contributed by atoms with Gasteiger partial charge in [0.15, 0.2) is 0 Å². The third-order valence-electron chi connectivity index (χ3n) is 3.29. The molecule has 0 aliphatic carbocycles. The number of aryl methyl sites for hydroxylation is 2. The monoisotopic (exact) mass is 305 g/mol. The van der Waals surface area contributed by atoms with Crippen LogP contribution in [0.25, 0.3) is 0 Å². The van der Waals surface area contributed by atoms with Gasteiger partial charge in [0.1, 0.15) is 5.75 Å². The predicted octanol–water partition coefficient (Wildman–Crippen LogP) is 3.74. The molecule has 1 heterocycles. The Hall–Kier alpha value is -1.46. The highest BCUT2D eigenvalue weighted by Gasteiger charge is 2.15. The first-order valence-corrected chi connectivity index (χ1v) is 8.43. The van der Waals surface area contributed by atoms with Crippen LogP contribution in [0.1, 0.15) is 24.6 Å². The van der Waals surface area contributed by atoms with Gasteiger partial charge >= 0.3 is 0 Å². The molecule has 0 bridgehead atoms. The van der Waals surface area contributed by atoms with Gasteiger partial charge in [-0.05, 0) is 50.4 Å². The maximum atomic E-state index is 6.04. The Labute approximate surface area is 130 Å². The van der Waals surface area contributed by atoms with Crippen LogP contribution in [0.5, 0.6) is 11.6 Å². The molecule has 0 unspecified atom stereocenters. The molecule has 2 rings (SSSR count). The standard InChI is InChI=1S/C16H23N3OS/c1-5-10-17-11-15-12(2)18-19(3)16(15)20-13-6-8-14(21-4)9-7-13/h6-9,17H,5,10-11H2,1-4H3. The molecular formula is C16H23N3OS. The van der Waals surface area contributed by atoms with Crippen LogP contribution in [0.2, 0.25) is 0 Å². The molecule has 2 aromatic rings. The van der Waals surface area contributed by atoms with Crippen molar-refractivity contribution in [2.24, 2.45) is 7.05 Å². The fourth-order valence-electron chi connectivity index (χ4n) is 2.16. The van der Waals surface area contributed by atoms with Gasteiger partial charge in [-0.3, -0.25) is 0 Å². The Morgan fingerprint density at radius 2 is 2.00 bits per heavy atom.